The molecule has 1 unspecified atom stereocenters. The Morgan fingerprint density at radius 3 is 2.76 bits per heavy atom. The highest BCUT2D eigenvalue weighted by Crippen LogP contribution is 2.29. The highest BCUT2D eigenvalue weighted by atomic mass is 79.9. The summed E-state index contributed by atoms with van der Waals surface area (Å²) in [5.41, 5.74) is 11.8. The molecule has 1 aromatic heterocycles. The maximum atomic E-state index is 13.4. The van der Waals surface area contributed by atoms with E-state index < -0.39 is 0 Å². The Kier molecular flexibility index (Phi) is 4.97. The third-order valence-corrected chi connectivity index (χ3v) is 4.44. The van der Waals surface area contributed by atoms with Crippen molar-refractivity contribution in [3.05, 3.63) is 45.4 Å². The quantitative estimate of drug-likeness (QED) is 0.436. The van der Waals surface area contributed by atoms with E-state index >= 15 is 0 Å². The highest BCUT2D eigenvalue weighted by molar-refractivity contribution is 9.10. The Morgan fingerprint density at radius 1 is 1.48 bits per heavy atom. The average Bonchev–Trinajstić information content (AvgIpc) is 2.74. The number of hydrogen-bond acceptors (Lipinski definition) is 4. The van der Waals surface area contributed by atoms with Gasteiger partial charge in [0.05, 0.1) is 21.9 Å². The van der Waals surface area contributed by atoms with Crippen molar-refractivity contribution >= 4 is 21.6 Å². The SMILES string of the molecule is CCc1nn(C)c(CC(NN)c2cc(F)ccc2N)c1Br. The molecule has 0 fully saturated rings. The van der Waals surface area contributed by atoms with E-state index in [4.69, 9.17) is 11.6 Å². The predicted octanol–water partition coefficient (Wildman–Crippen LogP) is 2.21. The number of nitrogens with zero attached hydrogens (tertiary/aromatic N) is 2. The molecule has 5 nitrogen and oxygen atoms in total. The summed E-state index contributed by atoms with van der Waals surface area (Å²) in [4.78, 5) is 0. The minimum atomic E-state index is -0.335. The normalized spacial score (nSPS) is 12.6. The first-order valence-electron chi connectivity index (χ1n) is 6.69. The summed E-state index contributed by atoms with van der Waals surface area (Å²) in [6, 6.07) is 3.99. The zero-order chi connectivity index (χ0) is 15.6. The summed E-state index contributed by atoms with van der Waals surface area (Å²) in [5, 5.41) is 4.45. The van der Waals surface area contributed by atoms with Crippen molar-refractivity contribution in [1.29, 1.82) is 0 Å². The number of benzene rings is 1. The summed E-state index contributed by atoms with van der Waals surface area (Å²) in [6.07, 6.45) is 1.38. The fraction of sp³-hybridized carbons (Fsp3) is 0.357. The molecule has 0 radical (unpaired) electrons. The molecule has 0 spiro atoms. The Labute approximate surface area is 131 Å². The number of nitrogens with one attached hydrogen (secondary N) is 1. The Morgan fingerprint density at radius 2 is 2.19 bits per heavy atom. The number of aryl methyl sites for hydroxylation is 2. The number of hydrazine groups is 1. The van der Waals surface area contributed by atoms with E-state index in [0.29, 0.717) is 17.7 Å². The van der Waals surface area contributed by atoms with Gasteiger partial charge in [0, 0.05) is 19.2 Å². The maximum Gasteiger partial charge on any atom is 0.123 e. The third-order valence-electron chi connectivity index (χ3n) is 3.53. The lowest BCUT2D eigenvalue weighted by Gasteiger charge is -2.18. The van der Waals surface area contributed by atoms with Crippen molar-refractivity contribution in [1.82, 2.24) is 15.2 Å². The van der Waals surface area contributed by atoms with Crippen LogP contribution >= 0.6 is 15.9 Å². The Balaban J connectivity index is 2.36. The van der Waals surface area contributed by atoms with E-state index in [9.17, 15) is 4.39 Å². The first-order valence-corrected chi connectivity index (χ1v) is 7.48. The molecule has 0 bridgehead atoms. The summed E-state index contributed by atoms with van der Waals surface area (Å²) >= 11 is 3.57. The standard InChI is InChI=1S/C14H19BrFN5/c1-3-11-14(15)13(21(2)20-11)7-12(19-18)9-6-8(16)4-5-10(9)17/h4-6,12,19H,3,7,17-18H2,1-2H3. The number of halogens is 2. The van der Waals surface area contributed by atoms with E-state index in [2.05, 4.69) is 26.5 Å². The molecule has 1 heterocycles. The van der Waals surface area contributed by atoms with E-state index in [-0.39, 0.29) is 11.9 Å². The maximum absolute atomic E-state index is 13.4. The molecule has 0 aliphatic rings. The van der Waals surface area contributed by atoms with Gasteiger partial charge in [-0.3, -0.25) is 16.0 Å². The van der Waals surface area contributed by atoms with Crippen LogP contribution in [0.15, 0.2) is 22.7 Å². The molecule has 2 aromatic rings. The van der Waals surface area contributed by atoms with Gasteiger partial charge in [0.1, 0.15) is 5.82 Å². The summed E-state index contributed by atoms with van der Waals surface area (Å²) in [7, 11) is 1.88. The lowest BCUT2D eigenvalue weighted by Crippen LogP contribution is -2.31. The molecule has 0 amide bonds. The van der Waals surface area contributed by atoms with Gasteiger partial charge in [-0.25, -0.2) is 4.39 Å². The van der Waals surface area contributed by atoms with E-state index in [0.717, 1.165) is 22.3 Å². The van der Waals surface area contributed by atoms with Crippen LogP contribution < -0.4 is 17.0 Å². The number of rotatable bonds is 5. The minimum Gasteiger partial charge on any atom is -0.398 e. The number of anilines is 1. The van der Waals surface area contributed by atoms with Gasteiger partial charge in [0.2, 0.25) is 0 Å². The van der Waals surface area contributed by atoms with Gasteiger partial charge < -0.3 is 5.73 Å². The second-order valence-electron chi connectivity index (χ2n) is 4.88. The fourth-order valence-corrected chi connectivity index (χ4v) is 3.12. The molecule has 2 rings (SSSR count). The van der Waals surface area contributed by atoms with Gasteiger partial charge >= 0.3 is 0 Å². The summed E-state index contributed by atoms with van der Waals surface area (Å²) in [6.45, 7) is 2.04. The molecule has 0 aliphatic heterocycles. The van der Waals surface area contributed by atoms with Crippen LogP contribution in [0.4, 0.5) is 10.1 Å². The van der Waals surface area contributed by atoms with Crippen LogP contribution in [0.25, 0.3) is 0 Å². The lowest BCUT2D eigenvalue weighted by molar-refractivity contribution is 0.525. The van der Waals surface area contributed by atoms with Crippen molar-refractivity contribution in [2.45, 2.75) is 25.8 Å². The minimum absolute atomic E-state index is 0.294. The first kappa shape index (κ1) is 15.9. The average molecular weight is 356 g/mol. The molecular weight excluding hydrogens is 337 g/mol. The van der Waals surface area contributed by atoms with Crippen LogP contribution in [-0.4, -0.2) is 9.78 Å². The molecule has 7 heteroatoms. The van der Waals surface area contributed by atoms with Gasteiger partial charge in [-0.2, -0.15) is 5.10 Å². The van der Waals surface area contributed by atoms with Crippen molar-refractivity contribution in [3.8, 4) is 0 Å². The van der Waals surface area contributed by atoms with Crippen LogP contribution in [0.3, 0.4) is 0 Å². The number of nitrogens with two attached hydrogens (primary N) is 2. The molecule has 21 heavy (non-hydrogen) atoms. The summed E-state index contributed by atoms with van der Waals surface area (Å²) in [5.74, 6) is 5.30. The molecule has 5 N–H and O–H groups in total. The third kappa shape index (κ3) is 3.25. The van der Waals surface area contributed by atoms with Crippen molar-refractivity contribution in [3.63, 3.8) is 0 Å². The second-order valence-corrected chi connectivity index (χ2v) is 5.67. The highest BCUT2D eigenvalue weighted by Gasteiger charge is 2.20. The fourth-order valence-electron chi connectivity index (χ4n) is 2.34. The first-order chi connectivity index (χ1) is 9.97. The Hall–Kier alpha value is -1.44. The van der Waals surface area contributed by atoms with Gasteiger partial charge in [-0.15, -0.1) is 0 Å². The zero-order valence-electron chi connectivity index (χ0n) is 12.0. The molecule has 114 valence electrons. The van der Waals surface area contributed by atoms with Crippen LogP contribution in [-0.2, 0) is 19.9 Å². The molecule has 0 saturated heterocycles. The molecular formula is C14H19BrFN5. The molecule has 0 saturated carbocycles. The molecule has 0 aliphatic carbocycles. The second kappa shape index (κ2) is 6.55. The van der Waals surface area contributed by atoms with Crippen molar-refractivity contribution < 1.29 is 4.39 Å². The van der Waals surface area contributed by atoms with Crippen LogP contribution in [0.1, 0.15) is 29.9 Å². The van der Waals surface area contributed by atoms with Crippen molar-refractivity contribution in [2.24, 2.45) is 12.9 Å². The monoisotopic (exact) mass is 355 g/mol. The van der Waals surface area contributed by atoms with Gasteiger partial charge in [-0.05, 0) is 46.1 Å². The largest absolute Gasteiger partial charge is 0.398 e. The molecule has 1 atom stereocenters. The van der Waals surface area contributed by atoms with E-state index in [1.165, 1.54) is 12.1 Å². The zero-order valence-corrected chi connectivity index (χ0v) is 13.6. The number of nitrogen functional groups attached to an aromatic ring is 1. The van der Waals surface area contributed by atoms with Gasteiger partial charge in [0.15, 0.2) is 0 Å². The molecule has 1 aromatic carbocycles. The smallest absolute Gasteiger partial charge is 0.123 e. The van der Waals surface area contributed by atoms with Crippen LogP contribution in [0.5, 0.6) is 0 Å². The predicted molar refractivity (Wildman–Crippen MR) is 84.9 cm³/mol. The lowest BCUT2D eigenvalue weighted by atomic mass is 10.0. The van der Waals surface area contributed by atoms with E-state index in [1.54, 1.807) is 6.07 Å². The topological polar surface area (TPSA) is 81.9 Å². The number of hydrogen-bond donors (Lipinski definition) is 3. The van der Waals surface area contributed by atoms with Crippen LogP contribution in [0.2, 0.25) is 0 Å². The van der Waals surface area contributed by atoms with Crippen molar-refractivity contribution in [2.75, 3.05) is 5.73 Å². The number of aromatic nitrogens is 2. The van der Waals surface area contributed by atoms with E-state index in [1.807, 2.05) is 18.7 Å². The van der Waals surface area contributed by atoms with Gasteiger partial charge in [0.25, 0.3) is 0 Å². The van der Waals surface area contributed by atoms with Gasteiger partial charge in [-0.1, -0.05) is 6.92 Å². The summed E-state index contributed by atoms with van der Waals surface area (Å²) < 4.78 is 16.2. The Bertz CT molecular complexity index is 641. The van der Waals surface area contributed by atoms with Crippen LogP contribution in [0, 0.1) is 5.82 Å².